The first kappa shape index (κ1) is 14.3. The lowest BCUT2D eigenvalue weighted by atomic mass is 10.0. The molecule has 1 aromatic carbocycles. The molecule has 0 unspecified atom stereocenters. The molecular formula is C17H17N3O2. The van der Waals surface area contributed by atoms with Crippen LogP contribution in [-0.4, -0.2) is 27.8 Å². The summed E-state index contributed by atoms with van der Waals surface area (Å²) in [5, 5.41) is 5.25. The van der Waals surface area contributed by atoms with Crippen molar-refractivity contribution in [1.29, 1.82) is 0 Å². The molecule has 0 N–H and O–H groups in total. The molecule has 0 bridgehead atoms. The standard InChI is InChI=1S/C17H17N3O2/c1-20-11-15(10-19-20)14-8-13-7-12(4-6-17(21)22-2)3-5-16(13)18-9-14/h3,5,7-11H,4,6H2,1-2H3. The Morgan fingerprint density at radius 2 is 2.09 bits per heavy atom. The predicted octanol–water partition coefficient (Wildman–Crippen LogP) is 2.74. The third-order valence-electron chi connectivity index (χ3n) is 3.63. The summed E-state index contributed by atoms with van der Waals surface area (Å²) in [5.74, 6) is -0.192. The second kappa shape index (κ2) is 5.97. The first-order chi connectivity index (χ1) is 10.7. The highest BCUT2D eigenvalue weighted by Crippen LogP contribution is 2.23. The van der Waals surface area contributed by atoms with Crippen LogP contribution < -0.4 is 0 Å². The summed E-state index contributed by atoms with van der Waals surface area (Å²) >= 11 is 0. The van der Waals surface area contributed by atoms with E-state index >= 15 is 0 Å². The Labute approximate surface area is 128 Å². The van der Waals surface area contributed by atoms with Crippen LogP contribution in [0.15, 0.2) is 42.9 Å². The highest BCUT2D eigenvalue weighted by Gasteiger charge is 2.06. The molecule has 0 fully saturated rings. The first-order valence-electron chi connectivity index (χ1n) is 7.10. The third-order valence-corrected chi connectivity index (χ3v) is 3.63. The maximum Gasteiger partial charge on any atom is 0.305 e. The average molecular weight is 295 g/mol. The van der Waals surface area contributed by atoms with Gasteiger partial charge >= 0.3 is 5.97 Å². The van der Waals surface area contributed by atoms with Gasteiger partial charge in [-0.15, -0.1) is 0 Å². The molecular weight excluding hydrogens is 278 g/mol. The number of aromatic nitrogens is 3. The number of methoxy groups -OCH3 is 1. The van der Waals surface area contributed by atoms with E-state index in [-0.39, 0.29) is 5.97 Å². The molecule has 22 heavy (non-hydrogen) atoms. The van der Waals surface area contributed by atoms with Gasteiger partial charge in [-0.2, -0.15) is 5.10 Å². The van der Waals surface area contributed by atoms with Gasteiger partial charge < -0.3 is 4.74 Å². The monoisotopic (exact) mass is 295 g/mol. The normalized spacial score (nSPS) is 10.8. The van der Waals surface area contributed by atoms with E-state index in [2.05, 4.69) is 27.0 Å². The van der Waals surface area contributed by atoms with Crippen LogP contribution in [-0.2, 0) is 23.0 Å². The van der Waals surface area contributed by atoms with Crippen LogP contribution in [0.4, 0.5) is 0 Å². The van der Waals surface area contributed by atoms with Crippen molar-refractivity contribution < 1.29 is 9.53 Å². The summed E-state index contributed by atoms with van der Waals surface area (Å²) in [5.41, 5.74) is 4.11. The van der Waals surface area contributed by atoms with Crippen molar-refractivity contribution in [3.8, 4) is 11.1 Å². The zero-order valence-electron chi connectivity index (χ0n) is 12.6. The van der Waals surface area contributed by atoms with Gasteiger partial charge in [-0.05, 0) is 30.2 Å². The molecule has 0 atom stereocenters. The molecule has 0 amide bonds. The molecule has 3 rings (SSSR count). The van der Waals surface area contributed by atoms with Crippen molar-refractivity contribution >= 4 is 16.9 Å². The van der Waals surface area contributed by atoms with Crippen molar-refractivity contribution in [2.45, 2.75) is 12.8 Å². The lowest BCUT2D eigenvalue weighted by Gasteiger charge is -2.05. The number of carbonyl (C=O) groups is 1. The number of carbonyl (C=O) groups excluding carboxylic acids is 1. The molecule has 0 aliphatic rings. The van der Waals surface area contributed by atoms with Gasteiger partial charge in [0.05, 0.1) is 18.8 Å². The van der Waals surface area contributed by atoms with Crippen molar-refractivity contribution in [2.75, 3.05) is 7.11 Å². The molecule has 0 aliphatic heterocycles. The number of rotatable bonds is 4. The minimum Gasteiger partial charge on any atom is -0.469 e. The summed E-state index contributed by atoms with van der Waals surface area (Å²) in [6, 6.07) is 8.16. The summed E-state index contributed by atoms with van der Waals surface area (Å²) < 4.78 is 6.45. The van der Waals surface area contributed by atoms with E-state index in [1.165, 1.54) is 7.11 Å². The molecule has 0 spiro atoms. The van der Waals surface area contributed by atoms with Crippen molar-refractivity contribution in [3.63, 3.8) is 0 Å². The minimum absolute atomic E-state index is 0.192. The minimum atomic E-state index is -0.192. The molecule has 0 saturated heterocycles. The molecule has 2 heterocycles. The number of hydrogen-bond donors (Lipinski definition) is 0. The highest BCUT2D eigenvalue weighted by molar-refractivity contribution is 5.84. The largest absolute Gasteiger partial charge is 0.469 e. The van der Waals surface area contributed by atoms with Crippen LogP contribution >= 0.6 is 0 Å². The number of pyridine rings is 1. The van der Waals surface area contributed by atoms with Gasteiger partial charge in [0.25, 0.3) is 0 Å². The fourth-order valence-electron chi connectivity index (χ4n) is 2.41. The van der Waals surface area contributed by atoms with Crippen LogP contribution in [0.1, 0.15) is 12.0 Å². The molecule has 0 saturated carbocycles. The Morgan fingerprint density at radius 3 is 2.82 bits per heavy atom. The van der Waals surface area contributed by atoms with Crippen molar-refractivity contribution in [2.24, 2.45) is 7.05 Å². The van der Waals surface area contributed by atoms with Crippen LogP contribution in [0.5, 0.6) is 0 Å². The van der Waals surface area contributed by atoms with Gasteiger partial charge in [-0.25, -0.2) is 0 Å². The summed E-state index contributed by atoms with van der Waals surface area (Å²) in [6.07, 6.45) is 6.69. The summed E-state index contributed by atoms with van der Waals surface area (Å²) in [7, 11) is 3.30. The Kier molecular flexibility index (Phi) is 3.87. The fourth-order valence-corrected chi connectivity index (χ4v) is 2.41. The number of aryl methyl sites for hydroxylation is 2. The third kappa shape index (κ3) is 2.98. The van der Waals surface area contributed by atoms with E-state index in [1.807, 2.05) is 37.8 Å². The van der Waals surface area contributed by atoms with E-state index in [9.17, 15) is 4.79 Å². The number of esters is 1. The molecule has 2 aromatic heterocycles. The highest BCUT2D eigenvalue weighted by atomic mass is 16.5. The Balaban J connectivity index is 1.91. The van der Waals surface area contributed by atoms with E-state index in [1.54, 1.807) is 4.68 Å². The van der Waals surface area contributed by atoms with E-state index in [0.717, 1.165) is 27.6 Å². The second-order valence-electron chi connectivity index (χ2n) is 5.23. The zero-order chi connectivity index (χ0) is 15.5. The molecule has 112 valence electrons. The van der Waals surface area contributed by atoms with E-state index < -0.39 is 0 Å². The predicted molar refractivity (Wildman–Crippen MR) is 84.3 cm³/mol. The average Bonchev–Trinajstić information content (AvgIpc) is 2.98. The number of nitrogens with zero attached hydrogens (tertiary/aromatic N) is 3. The van der Waals surface area contributed by atoms with Gasteiger partial charge in [-0.3, -0.25) is 14.5 Å². The maximum atomic E-state index is 11.2. The number of ether oxygens (including phenoxy) is 1. The Morgan fingerprint density at radius 1 is 1.23 bits per heavy atom. The SMILES string of the molecule is COC(=O)CCc1ccc2ncc(-c3cnn(C)c3)cc2c1. The van der Waals surface area contributed by atoms with E-state index in [4.69, 9.17) is 0 Å². The first-order valence-corrected chi connectivity index (χ1v) is 7.10. The smallest absolute Gasteiger partial charge is 0.305 e. The number of benzene rings is 1. The van der Waals surface area contributed by atoms with Gasteiger partial charge in [0, 0.05) is 42.4 Å². The lowest BCUT2D eigenvalue weighted by molar-refractivity contribution is -0.140. The second-order valence-corrected chi connectivity index (χ2v) is 5.23. The maximum absolute atomic E-state index is 11.2. The van der Waals surface area contributed by atoms with Gasteiger partial charge in [-0.1, -0.05) is 6.07 Å². The van der Waals surface area contributed by atoms with Crippen LogP contribution in [0.2, 0.25) is 0 Å². The van der Waals surface area contributed by atoms with Gasteiger partial charge in [0.1, 0.15) is 0 Å². The fraction of sp³-hybridized carbons (Fsp3) is 0.235. The number of fused-ring (bicyclic) bond motifs is 1. The molecule has 5 heteroatoms. The van der Waals surface area contributed by atoms with Crippen LogP contribution in [0, 0.1) is 0 Å². The Bertz CT molecular complexity index is 824. The quantitative estimate of drug-likeness (QED) is 0.694. The van der Waals surface area contributed by atoms with Crippen LogP contribution in [0.25, 0.3) is 22.0 Å². The summed E-state index contributed by atoms with van der Waals surface area (Å²) in [6.45, 7) is 0. The molecule has 5 nitrogen and oxygen atoms in total. The number of hydrogen-bond acceptors (Lipinski definition) is 4. The van der Waals surface area contributed by atoms with Crippen LogP contribution in [0.3, 0.4) is 0 Å². The van der Waals surface area contributed by atoms with E-state index in [0.29, 0.717) is 12.8 Å². The Hall–Kier alpha value is -2.69. The zero-order valence-corrected chi connectivity index (χ0v) is 12.6. The summed E-state index contributed by atoms with van der Waals surface area (Å²) in [4.78, 5) is 15.7. The topological polar surface area (TPSA) is 57.0 Å². The molecule has 0 radical (unpaired) electrons. The van der Waals surface area contributed by atoms with Gasteiger partial charge in [0.2, 0.25) is 0 Å². The van der Waals surface area contributed by atoms with Crippen molar-refractivity contribution in [1.82, 2.24) is 14.8 Å². The van der Waals surface area contributed by atoms with Gasteiger partial charge in [0.15, 0.2) is 0 Å². The van der Waals surface area contributed by atoms with Crippen molar-refractivity contribution in [3.05, 3.63) is 48.4 Å². The molecule has 3 aromatic rings. The molecule has 0 aliphatic carbocycles. The lowest BCUT2D eigenvalue weighted by Crippen LogP contribution is -2.01.